The normalized spacial score (nSPS) is 10.4. The summed E-state index contributed by atoms with van der Waals surface area (Å²) >= 11 is 0. The molecule has 0 aliphatic carbocycles. The van der Waals surface area contributed by atoms with E-state index in [1.54, 1.807) is 0 Å². The van der Waals surface area contributed by atoms with Gasteiger partial charge in [-0.25, -0.2) is 0 Å². The molecule has 88 valence electrons. The Morgan fingerprint density at radius 3 is 2.47 bits per heavy atom. The first-order valence-electron chi connectivity index (χ1n) is 4.94. The van der Waals surface area contributed by atoms with Gasteiger partial charge in [-0.2, -0.15) is 8.78 Å². The number of hydrogen-bond donors (Lipinski definition) is 0. The van der Waals surface area contributed by atoms with Crippen molar-refractivity contribution in [2.45, 2.75) is 46.8 Å². The fraction of sp³-hybridized carbons (Fsp3) is 0.700. The van der Waals surface area contributed by atoms with Crippen LogP contribution in [0.3, 0.4) is 0 Å². The van der Waals surface area contributed by atoms with Crippen molar-refractivity contribution in [2.24, 2.45) is 0 Å². The first kappa shape index (κ1) is 14.0. The Hall–Kier alpha value is -0.970. The van der Waals surface area contributed by atoms with E-state index in [9.17, 15) is 8.78 Å². The van der Waals surface area contributed by atoms with Crippen molar-refractivity contribution in [3.63, 3.8) is 0 Å². The highest BCUT2D eigenvalue weighted by Crippen LogP contribution is 2.19. The number of alkyl halides is 2. The van der Waals surface area contributed by atoms with Gasteiger partial charge in [0.2, 0.25) is 0 Å². The van der Waals surface area contributed by atoms with Crippen molar-refractivity contribution < 1.29 is 18.0 Å². The Morgan fingerprint density at radius 2 is 2.00 bits per heavy atom. The van der Waals surface area contributed by atoms with Crippen LogP contribution in [0.25, 0.3) is 0 Å². The minimum absolute atomic E-state index is 0.197. The van der Waals surface area contributed by atoms with Gasteiger partial charge in [-0.3, -0.25) is 0 Å². The van der Waals surface area contributed by atoms with Gasteiger partial charge in [0.25, 0.3) is 0 Å². The van der Waals surface area contributed by atoms with Crippen LogP contribution >= 0.6 is 0 Å². The summed E-state index contributed by atoms with van der Waals surface area (Å²) < 4.78 is 32.1. The summed E-state index contributed by atoms with van der Waals surface area (Å²) in [6, 6.07) is 0. The maximum absolute atomic E-state index is 11.7. The highest BCUT2D eigenvalue weighted by Gasteiger charge is 2.13. The Kier molecular flexibility index (Phi) is 6.86. The molecule has 0 aromatic carbocycles. The number of halogens is 2. The predicted molar refractivity (Wildman–Crippen MR) is 52.7 cm³/mol. The minimum atomic E-state index is -2.77. The molecule has 0 saturated heterocycles. The van der Waals surface area contributed by atoms with Crippen LogP contribution in [0.4, 0.5) is 8.78 Å². The summed E-state index contributed by atoms with van der Waals surface area (Å²) in [5, 5.41) is 3.58. The third kappa shape index (κ3) is 4.88. The molecular weight excluding hydrogens is 204 g/mol. The number of nitrogens with zero attached hydrogens (tertiary/aromatic N) is 1. The van der Waals surface area contributed by atoms with Gasteiger partial charge >= 0.3 is 6.61 Å². The van der Waals surface area contributed by atoms with Crippen LogP contribution in [0, 0.1) is 0 Å². The van der Waals surface area contributed by atoms with Gasteiger partial charge in [-0.15, -0.1) is 0 Å². The van der Waals surface area contributed by atoms with E-state index in [1.165, 1.54) is 6.26 Å². The predicted octanol–water partition coefficient (Wildman–Crippen LogP) is 3.56. The Morgan fingerprint density at radius 1 is 1.40 bits per heavy atom. The summed E-state index contributed by atoms with van der Waals surface area (Å²) in [4.78, 5) is 0. The number of hydrogen-bond acceptors (Lipinski definition) is 3. The summed E-state index contributed by atoms with van der Waals surface area (Å²) in [6.45, 7) is 4.88. The summed E-state index contributed by atoms with van der Waals surface area (Å²) in [7, 11) is 0. The molecule has 0 fully saturated rings. The molecule has 0 saturated carbocycles. The molecule has 0 unspecified atom stereocenters. The van der Waals surface area contributed by atoms with E-state index in [-0.39, 0.29) is 12.5 Å². The molecule has 5 heteroatoms. The average molecular weight is 221 g/mol. The molecule has 0 amide bonds. The van der Waals surface area contributed by atoms with E-state index in [4.69, 9.17) is 0 Å². The zero-order valence-corrected chi connectivity index (χ0v) is 9.46. The van der Waals surface area contributed by atoms with Crippen molar-refractivity contribution in [2.75, 3.05) is 0 Å². The SMILES string of the molecule is CC.CC(C)c1conc1COC(F)F. The lowest BCUT2D eigenvalue weighted by molar-refractivity contribution is -0.138. The maximum Gasteiger partial charge on any atom is 0.345 e. The van der Waals surface area contributed by atoms with E-state index in [1.807, 2.05) is 27.7 Å². The molecule has 1 rings (SSSR count). The van der Waals surface area contributed by atoms with Gasteiger partial charge < -0.3 is 9.26 Å². The number of aromatic nitrogens is 1. The third-order valence-corrected chi connectivity index (χ3v) is 1.64. The molecule has 1 heterocycles. The second-order valence-corrected chi connectivity index (χ2v) is 2.94. The van der Waals surface area contributed by atoms with Crippen molar-refractivity contribution in [3.8, 4) is 0 Å². The van der Waals surface area contributed by atoms with Crippen molar-refractivity contribution in [3.05, 3.63) is 17.5 Å². The highest BCUT2D eigenvalue weighted by molar-refractivity contribution is 5.17. The summed E-state index contributed by atoms with van der Waals surface area (Å²) in [5.74, 6) is 0.197. The average Bonchev–Trinajstić information content (AvgIpc) is 2.65. The van der Waals surface area contributed by atoms with Gasteiger partial charge in [0.1, 0.15) is 12.0 Å². The summed E-state index contributed by atoms with van der Waals surface area (Å²) in [6.07, 6.45) is 1.45. The number of ether oxygens (including phenoxy) is 1. The van der Waals surface area contributed by atoms with E-state index >= 15 is 0 Å². The smallest absolute Gasteiger partial charge is 0.345 e. The van der Waals surface area contributed by atoms with Gasteiger partial charge in [-0.05, 0) is 5.92 Å². The molecule has 0 spiro atoms. The first-order valence-corrected chi connectivity index (χ1v) is 4.94. The lowest BCUT2D eigenvalue weighted by Crippen LogP contribution is -2.02. The van der Waals surface area contributed by atoms with Gasteiger partial charge in [-0.1, -0.05) is 32.9 Å². The van der Waals surface area contributed by atoms with E-state index in [0.717, 1.165) is 5.56 Å². The molecule has 0 radical (unpaired) electrons. The largest absolute Gasteiger partial charge is 0.364 e. The van der Waals surface area contributed by atoms with Crippen LogP contribution < -0.4 is 0 Å². The lowest BCUT2D eigenvalue weighted by Gasteiger charge is -2.03. The summed E-state index contributed by atoms with van der Waals surface area (Å²) in [5.41, 5.74) is 1.25. The lowest BCUT2D eigenvalue weighted by atomic mass is 10.1. The molecule has 0 aliphatic heterocycles. The molecule has 0 atom stereocenters. The molecular formula is C10H17F2NO2. The molecule has 0 N–H and O–H groups in total. The topological polar surface area (TPSA) is 35.3 Å². The zero-order chi connectivity index (χ0) is 11.8. The Bertz CT molecular complexity index is 262. The quantitative estimate of drug-likeness (QED) is 0.779. The van der Waals surface area contributed by atoms with Gasteiger partial charge in [0.05, 0.1) is 6.61 Å². The van der Waals surface area contributed by atoms with E-state index in [0.29, 0.717) is 5.69 Å². The van der Waals surface area contributed by atoms with Crippen LogP contribution in [0.5, 0.6) is 0 Å². The standard InChI is InChI=1S/C8H11F2NO2.C2H6/c1-5(2)6-3-13-11-7(6)4-12-8(9)10;1-2/h3,5,8H,4H2,1-2H3;1-2H3. The van der Waals surface area contributed by atoms with Crippen LogP contribution in [0.2, 0.25) is 0 Å². The molecule has 1 aromatic heterocycles. The Labute approximate surface area is 88.4 Å². The van der Waals surface area contributed by atoms with Crippen molar-refractivity contribution >= 4 is 0 Å². The van der Waals surface area contributed by atoms with Crippen LogP contribution in [-0.4, -0.2) is 11.8 Å². The zero-order valence-electron chi connectivity index (χ0n) is 9.46. The minimum Gasteiger partial charge on any atom is -0.364 e. The van der Waals surface area contributed by atoms with Gasteiger partial charge in [0, 0.05) is 5.56 Å². The fourth-order valence-corrected chi connectivity index (χ4v) is 0.988. The fourth-order valence-electron chi connectivity index (χ4n) is 0.988. The van der Waals surface area contributed by atoms with Crippen molar-refractivity contribution in [1.29, 1.82) is 0 Å². The van der Waals surface area contributed by atoms with Crippen LogP contribution in [-0.2, 0) is 11.3 Å². The molecule has 1 aromatic rings. The van der Waals surface area contributed by atoms with Crippen molar-refractivity contribution in [1.82, 2.24) is 5.16 Å². The van der Waals surface area contributed by atoms with E-state index < -0.39 is 6.61 Å². The third-order valence-electron chi connectivity index (χ3n) is 1.64. The molecule has 15 heavy (non-hydrogen) atoms. The monoisotopic (exact) mass is 221 g/mol. The van der Waals surface area contributed by atoms with Crippen LogP contribution in [0.15, 0.2) is 10.8 Å². The second kappa shape index (κ2) is 7.34. The highest BCUT2D eigenvalue weighted by atomic mass is 19.3. The van der Waals surface area contributed by atoms with Crippen LogP contribution in [0.1, 0.15) is 44.9 Å². The second-order valence-electron chi connectivity index (χ2n) is 2.94. The number of rotatable bonds is 4. The molecule has 0 aliphatic rings. The van der Waals surface area contributed by atoms with E-state index in [2.05, 4.69) is 14.4 Å². The Balaban J connectivity index is 0.000000921. The maximum atomic E-state index is 11.7. The molecule has 3 nitrogen and oxygen atoms in total. The molecule has 0 bridgehead atoms. The first-order chi connectivity index (χ1) is 7.11. The van der Waals surface area contributed by atoms with Gasteiger partial charge in [0.15, 0.2) is 0 Å².